The number of thioether (sulfide) groups is 1. The molecule has 1 heterocycles. The Morgan fingerprint density at radius 3 is 2.05 bits per heavy atom. The molecule has 0 amide bonds. The van der Waals surface area contributed by atoms with Gasteiger partial charge in [0.05, 0.1) is 27.7 Å². The molecule has 214 valence electrons. The van der Waals surface area contributed by atoms with Gasteiger partial charge >= 0.3 is 25.7 Å². The zero-order valence-corrected chi connectivity index (χ0v) is 25.0. The van der Waals surface area contributed by atoms with Crippen molar-refractivity contribution < 1.29 is 46.7 Å². The van der Waals surface area contributed by atoms with E-state index in [2.05, 4.69) is 4.98 Å². The fraction of sp³-hybridized carbons (Fsp3) is 0.522. The number of hydrogen-bond donors (Lipinski definition) is 1. The second-order valence-electron chi connectivity index (χ2n) is 9.79. The molecule has 16 heteroatoms. The summed E-state index contributed by atoms with van der Waals surface area (Å²) in [6.07, 6.45) is 0. The zero-order valence-electron chi connectivity index (χ0n) is 22.5. The first-order valence-electron chi connectivity index (χ1n) is 11.4. The molecule has 2 aromatic rings. The van der Waals surface area contributed by atoms with Gasteiger partial charge in [0.15, 0.2) is 10.9 Å². The number of anilines is 1. The molecular weight excluding hydrogens is 573 g/mol. The van der Waals surface area contributed by atoms with Crippen LogP contribution < -0.4 is 10.3 Å². The van der Waals surface area contributed by atoms with Crippen molar-refractivity contribution in [3.8, 4) is 11.2 Å². The molecule has 1 aromatic heterocycles. The van der Waals surface area contributed by atoms with Crippen LogP contribution in [-0.4, -0.2) is 43.1 Å². The van der Waals surface area contributed by atoms with E-state index in [4.69, 9.17) is 33.5 Å². The van der Waals surface area contributed by atoms with Crippen molar-refractivity contribution in [3.05, 3.63) is 11.6 Å². The van der Waals surface area contributed by atoms with Crippen LogP contribution in [0.25, 0.3) is 10.2 Å². The van der Waals surface area contributed by atoms with Crippen molar-refractivity contribution >= 4 is 64.2 Å². The van der Waals surface area contributed by atoms with Crippen LogP contribution in [-0.2, 0) is 37.4 Å². The topological polar surface area (TPSA) is 186 Å². The number of phosphoric ester groups is 1. The lowest BCUT2D eigenvalue weighted by Gasteiger charge is -2.22. The molecule has 13 nitrogen and oxygen atoms in total. The molecule has 2 rings (SSSR count). The number of esters is 3. The number of nitriles is 1. The maximum Gasteiger partial charge on any atom is 0.536 e. The molecule has 0 spiro atoms. The van der Waals surface area contributed by atoms with E-state index < -0.39 is 50.1 Å². The van der Waals surface area contributed by atoms with Gasteiger partial charge in [-0.15, -0.1) is 0 Å². The number of hydrogen-bond acceptors (Lipinski definition) is 15. The monoisotopic (exact) mass is 603 g/mol. The second kappa shape index (κ2) is 13.0. The molecule has 0 saturated heterocycles. The van der Waals surface area contributed by atoms with E-state index in [1.807, 2.05) is 5.40 Å². The van der Waals surface area contributed by atoms with E-state index in [9.17, 15) is 24.2 Å². The van der Waals surface area contributed by atoms with Crippen molar-refractivity contribution in [1.29, 1.82) is 5.26 Å². The normalized spacial score (nSPS) is 12.1. The number of ether oxygens (including phenoxy) is 3. The summed E-state index contributed by atoms with van der Waals surface area (Å²) in [6, 6.07) is 1.23. The first-order chi connectivity index (χ1) is 18.0. The lowest BCUT2D eigenvalue weighted by molar-refractivity contribution is -0.162. The highest BCUT2D eigenvalue weighted by atomic mass is 32.2. The van der Waals surface area contributed by atoms with Gasteiger partial charge in [0.2, 0.25) is 13.6 Å². The lowest BCUT2D eigenvalue weighted by Crippen LogP contribution is -2.25. The van der Waals surface area contributed by atoms with E-state index in [0.717, 1.165) is 11.3 Å². The number of nitrogens with zero attached hydrogens (tertiary/aromatic N) is 2. The van der Waals surface area contributed by atoms with Crippen molar-refractivity contribution in [1.82, 2.24) is 4.98 Å². The number of aromatic nitrogens is 1. The molecule has 2 N–H and O–H groups in total. The van der Waals surface area contributed by atoms with Crippen LogP contribution in [0.4, 0.5) is 5.13 Å². The Balaban J connectivity index is 2.49. The number of benzene rings is 1. The molecule has 0 aliphatic rings. The van der Waals surface area contributed by atoms with Crippen LogP contribution in [0, 0.1) is 21.5 Å². The Morgan fingerprint density at radius 2 is 1.59 bits per heavy atom. The predicted molar refractivity (Wildman–Crippen MR) is 143 cm³/mol. The van der Waals surface area contributed by atoms with Crippen LogP contribution in [0.3, 0.4) is 0 Å². The molecular formula is C23H30N3O10PS2. The molecule has 0 saturated carbocycles. The number of phosphoric acid groups is 1. The lowest BCUT2D eigenvalue weighted by atomic mass is 9.98. The summed E-state index contributed by atoms with van der Waals surface area (Å²) >= 11 is 1.54. The quantitative estimate of drug-likeness (QED) is 0.0877. The van der Waals surface area contributed by atoms with Gasteiger partial charge in [-0.3, -0.25) is 9.59 Å². The Hall–Kier alpha value is -2.89. The molecule has 0 bridgehead atoms. The van der Waals surface area contributed by atoms with Gasteiger partial charge in [0, 0.05) is 4.90 Å². The van der Waals surface area contributed by atoms with Crippen LogP contribution in [0.1, 0.15) is 58.8 Å². The number of nitrogens with two attached hydrogens (primary N) is 1. The van der Waals surface area contributed by atoms with Crippen LogP contribution in [0.5, 0.6) is 5.75 Å². The predicted octanol–water partition coefficient (Wildman–Crippen LogP) is 5.24. The van der Waals surface area contributed by atoms with Gasteiger partial charge in [0.25, 0.3) is 0 Å². The number of carbonyl (C=O) groups excluding carboxylic acids is 3. The fourth-order valence-electron chi connectivity index (χ4n) is 2.57. The summed E-state index contributed by atoms with van der Waals surface area (Å²) < 4.78 is 44.9. The van der Waals surface area contributed by atoms with Gasteiger partial charge < -0.3 is 24.5 Å². The Labute approximate surface area is 233 Å². The van der Waals surface area contributed by atoms with Gasteiger partial charge in [-0.1, -0.05) is 11.3 Å². The second-order valence-corrected chi connectivity index (χ2v) is 13.2. The van der Waals surface area contributed by atoms with E-state index in [1.165, 1.54) is 6.07 Å². The Bertz CT molecular complexity index is 1290. The zero-order chi connectivity index (χ0) is 29.6. The van der Waals surface area contributed by atoms with Crippen LogP contribution in [0.15, 0.2) is 11.0 Å². The third-order valence-corrected chi connectivity index (χ3v) is 7.28. The minimum atomic E-state index is -4.68. The van der Waals surface area contributed by atoms with Gasteiger partial charge in [-0.05, 0) is 66.3 Å². The van der Waals surface area contributed by atoms with E-state index in [1.54, 1.807) is 48.5 Å². The summed E-state index contributed by atoms with van der Waals surface area (Å²) in [4.78, 5) is 41.2. The van der Waals surface area contributed by atoms with Crippen molar-refractivity contribution in [2.75, 3.05) is 25.9 Å². The maximum atomic E-state index is 13.6. The smallest absolute Gasteiger partial charge is 0.462 e. The third-order valence-electron chi connectivity index (χ3n) is 4.48. The molecule has 1 aromatic carbocycles. The standard InChI is InChI=1S/C23H30N3O10PS2/c1-8-31-18(27)15-14(38-10-24)9-13(16-17(15)39-21(25)26-16)36-37(30,34-11-32-19(28)22(2,3)4)35-12-33-20(29)23(5,6)7/h9H,8,11-12H2,1-7H3,(H2,25,26). The first kappa shape index (κ1) is 32.3. The number of carbonyl (C=O) groups is 3. The molecule has 39 heavy (non-hydrogen) atoms. The summed E-state index contributed by atoms with van der Waals surface area (Å²) in [6.45, 7) is 9.68. The number of thiocyanates is 1. The maximum absolute atomic E-state index is 13.6. The largest absolute Gasteiger partial charge is 0.536 e. The number of rotatable bonds is 11. The minimum absolute atomic E-state index is 0.00800. The van der Waals surface area contributed by atoms with E-state index >= 15 is 0 Å². The highest BCUT2D eigenvalue weighted by Gasteiger charge is 2.35. The highest BCUT2D eigenvalue weighted by Crippen LogP contribution is 2.52. The van der Waals surface area contributed by atoms with Gasteiger partial charge in [-0.25, -0.2) is 23.4 Å². The van der Waals surface area contributed by atoms with Crippen molar-refractivity contribution in [2.45, 2.75) is 53.4 Å². The van der Waals surface area contributed by atoms with Gasteiger partial charge in [0.1, 0.15) is 10.9 Å². The summed E-state index contributed by atoms with van der Waals surface area (Å²) in [5.74, 6) is -2.27. The molecule has 0 aliphatic carbocycles. The molecule has 0 fully saturated rings. The van der Waals surface area contributed by atoms with Crippen molar-refractivity contribution in [3.63, 3.8) is 0 Å². The summed E-state index contributed by atoms with van der Waals surface area (Å²) in [5, 5.41) is 11.2. The molecule has 0 radical (unpaired) electrons. The molecule has 0 aliphatic heterocycles. The number of nitrogen functional groups attached to an aromatic ring is 1. The molecule has 0 atom stereocenters. The van der Waals surface area contributed by atoms with Crippen LogP contribution in [0.2, 0.25) is 0 Å². The highest BCUT2D eigenvalue weighted by molar-refractivity contribution is 8.03. The van der Waals surface area contributed by atoms with Gasteiger partial charge in [-0.2, -0.15) is 5.26 Å². The van der Waals surface area contributed by atoms with E-state index in [-0.39, 0.29) is 38.2 Å². The third kappa shape index (κ3) is 8.81. The Morgan fingerprint density at radius 1 is 1.05 bits per heavy atom. The minimum Gasteiger partial charge on any atom is -0.462 e. The summed E-state index contributed by atoms with van der Waals surface area (Å²) in [7, 11) is -4.68. The number of thiazole rings is 1. The average Bonchev–Trinajstić information content (AvgIpc) is 3.19. The van der Waals surface area contributed by atoms with Crippen molar-refractivity contribution in [2.24, 2.45) is 10.8 Å². The molecule has 0 unspecified atom stereocenters. The Kier molecular flexibility index (Phi) is 10.8. The fourth-order valence-corrected chi connectivity index (χ4v) is 5.00. The SMILES string of the molecule is CCOC(=O)c1c(SC#N)cc(OP(=O)(OCOC(=O)C(C)(C)C)OCOC(=O)C(C)(C)C)c2nc(N)sc12. The average molecular weight is 604 g/mol. The summed E-state index contributed by atoms with van der Waals surface area (Å²) in [5.41, 5.74) is 4.15. The van der Waals surface area contributed by atoms with Crippen LogP contribution >= 0.6 is 30.9 Å². The number of fused-ring (bicyclic) bond motifs is 1. The van der Waals surface area contributed by atoms with E-state index in [0.29, 0.717) is 11.8 Å². The first-order valence-corrected chi connectivity index (χ1v) is 14.5.